The normalized spacial score (nSPS) is 17.5. The monoisotopic (exact) mass is 330 g/mol. The molecule has 1 unspecified atom stereocenters. The Kier molecular flexibility index (Phi) is 6.85. The van der Waals surface area contributed by atoms with Crippen LogP contribution in [0.15, 0.2) is 12.3 Å². The molecule has 0 radical (unpaired) electrons. The minimum Gasteiger partial charge on any atom is -0.471 e. The van der Waals surface area contributed by atoms with Crippen molar-refractivity contribution in [1.82, 2.24) is 10.3 Å². The molecule has 0 saturated carbocycles. The fourth-order valence-corrected chi connectivity index (χ4v) is 2.12. The quantitative estimate of drug-likeness (QED) is 0.680. The number of aromatic nitrogens is 1. The summed E-state index contributed by atoms with van der Waals surface area (Å²) >= 11 is 6.09. The third-order valence-electron chi connectivity index (χ3n) is 3.00. The fourth-order valence-electron chi connectivity index (χ4n) is 1.91. The number of hydrogen-bond donors (Lipinski definition) is 2. The summed E-state index contributed by atoms with van der Waals surface area (Å²) in [6.07, 6.45) is 2.17. The van der Waals surface area contributed by atoms with Crippen molar-refractivity contribution in [3.05, 3.63) is 22.8 Å². The van der Waals surface area contributed by atoms with Crippen LogP contribution in [0.4, 0.5) is 0 Å². The third kappa shape index (κ3) is 5.10. The highest BCUT2D eigenvalue weighted by molar-refractivity contribution is 6.32. The summed E-state index contributed by atoms with van der Waals surface area (Å²) in [6.45, 7) is 2.07. The molecule has 0 spiro atoms. The Morgan fingerprint density at radius 3 is 3.09 bits per heavy atom. The lowest BCUT2D eigenvalue weighted by Crippen LogP contribution is -2.27. The van der Waals surface area contributed by atoms with Crippen LogP contribution < -0.4 is 10.1 Å². The molecule has 2 rings (SSSR count). The van der Waals surface area contributed by atoms with Crippen molar-refractivity contribution in [3.8, 4) is 5.88 Å². The number of nitrogens with one attached hydrogen (secondary N) is 1. The van der Waals surface area contributed by atoms with Crippen LogP contribution in [0, 0.1) is 0 Å². The molecule has 7 nitrogen and oxygen atoms in total. The van der Waals surface area contributed by atoms with E-state index >= 15 is 0 Å². The van der Waals surface area contributed by atoms with Gasteiger partial charge in [-0.05, 0) is 6.07 Å². The fraction of sp³-hybridized carbons (Fsp3) is 0.571. The van der Waals surface area contributed by atoms with Crippen molar-refractivity contribution in [2.45, 2.75) is 12.5 Å². The highest BCUT2D eigenvalue weighted by Crippen LogP contribution is 2.25. The molecule has 0 bridgehead atoms. The molecule has 1 aromatic heterocycles. The number of ether oxygens (including phenoxy) is 3. The molecular weight excluding hydrogens is 312 g/mol. The second-order valence-electron chi connectivity index (χ2n) is 4.71. The number of amides is 1. The van der Waals surface area contributed by atoms with Gasteiger partial charge < -0.3 is 24.6 Å². The molecule has 2 heterocycles. The molecule has 1 aliphatic rings. The van der Waals surface area contributed by atoms with Gasteiger partial charge in [0.25, 0.3) is 5.91 Å². The SMILES string of the molecule is O=C(NCCOCCO)c1cnc(OC2CCOC2)c(Cl)c1. The van der Waals surface area contributed by atoms with Crippen LogP contribution >= 0.6 is 11.6 Å². The maximum Gasteiger partial charge on any atom is 0.252 e. The first kappa shape index (κ1) is 17.0. The van der Waals surface area contributed by atoms with Gasteiger partial charge in [0.15, 0.2) is 0 Å². The van der Waals surface area contributed by atoms with Gasteiger partial charge in [0.1, 0.15) is 11.1 Å². The molecule has 0 aliphatic carbocycles. The average molecular weight is 331 g/mol. The number of hydrogen-bond acceptors (Lipinski definition) is 6. The summed E-state index contributed by atoms with van der Waals surface area (Å²) in [5, 5.41) is 11.5. The molecule has 1 aliphatic heterocycles. The number of pyridine rings is 1. The largest absolute Gasteiger partial charge is 0.471 e. The maximum absolute atomic E-state index is 11.9. The second-order valence-corrected chi connectivity index (χ2v) is 5.11. The van der Waals surface area contributed by atoms with Gasteiger partial charge in [0, 0.05) is 19.2 Å². The van der Waals surface area contributed by atoms with E-state index in [-0.39, 0.29) is 30.2 Å². The summed E-state index contributed by atoms with van der Waals surface area (Å²) in [7, 11) is 0. The molecular formula is C14H19ClN2O5. The topological polar surface area (TPSA) is 89.9 Å². The van der Waals surface area contributed by atoms with Crippen LogP contribution in [0.2, 0.25) is 5.02 Å². The Hall–Kier alpha value is -1.41. The zero-order chi connectivity index (χ0) is 15.8. The van der Waals surface area contributed by atoms with E-state index in [4.69, 9.17) is 30.9 Å². The van der Waals surface area contributed by atoms with Crippen molar-refractivity contribution < 1.29 is 24.1 Å². The second kappa shape index (κ2) is 8.89. The van der Waals surface area contributed by atoms with E-state index in [9.17, 15) is 4.79 Å². The summed E-state index contributed by atoms with van der Waals surface area (Å²) in [6, 6.07) is 1.52. The molecule has 1 atom stereocenters. The lowest BCUT2D eigenvalue weighted by Gasteiger charge is -2.12. The van der Waals surface area contributed by atoms with Gasteiger partial charge in [-0.15, -0.1) is 0 Å². The van der Waals surface area contributed by atoms with Crippen LogP contribution in [0.5, 0.6) is 5.88 Å². The number of aliphatic hydroxyl groups is 1. The van der Waals surface area contributed by atoms with Gasteiger partial charge in [0.2, 0.25) is 5.88 Å². The molecule has 8 heteroatoms. The zero-order valence-electron chi connectivity index (χ0n) is 12.1. The lowest BCUT2D eigenvalue weighted by atomic mass is 10.2. The van der Waals surface area contributed by atoms with E-state index in [2.05, 4.69) is 10.3 Å². The molecule has 22 heavy (non-hydrogen) atoms. The number of nitrogens with zero attached hydrogens (tertiary/aromatic N) is 1. The van der Waals surface area contributed by atoms with Gasteiger partial charge in [-0.25, -0.2) is 4.98 Å². The summed E-state index contributed by atoms with van der Waals surface area (Å²) < 4.78 is 15.9. The van der Waals surface area contributed by atoms with E-state index in [1.54, 1.807) is 0 Å². The Bertz CT molecular complexity index is 494. The molecule has 2 N–H and O–H groups in total. The van der Waals surface area contributed by atoms with E-state index in [0.29, 0.717) is 37.8 Å². The smallest absolute Gasteiger partial charge is 0.252 e. The van der Waals surface area contributed by atoms with Crippen LogP contribution in [-0.4, -0.2) is 61.7 Å². The number of rotatable bonds is 8. The molecule has 0 aromatic carbocycles. The van der Waals surface area contributed by atoms with Gasteiger partial charge >= 0.3 is 0 Å². The number of aliphatic hydroxyl groups excluding tert-OH is 1. The minimum absolute atomic E-state index is 0.0407. The van der Waals surface area contributed by atoms with Crippen molar-refractivity contribution in [2.75, 3.05) is 39.6 Å². The molecule has 122 valence electrons. The predicted molar refractivity (Wildman–Crippen MR) is 79.3 cm³/mol. The number of carbonyl (C=O) groups is 1. The van der Waals surface area contributed by atoms with Crippen molar-refractivity contribution in [1.29, 1.82) is 0 Å². The van der Waals surface area contributed by atoms with Crippen LogP contribution in [0.1, 0.15) is 16.8 Å². The summed E-state index contributed by atoms with van der Waals surface area (Å²) in [5.74, 6) is 0.0118. The maximum atomic E-state index is 11.9. The van der Waals surface area contributed by atoms with Gasteiger partial charge in [-0.1, -0.05) is 11.6 Å². The predicted octanol–water partition coefficient (Wildman–Crippen LogP) is 0.641. The van der Waals surface area contributed by atoms with Crippen LogP contribution in [-0.2, 0) is 9.47 Å². The van der Waals surface area contributed by atoms with Crippen LogP contribution in [0.25, 0.3) is 0 Å². The Morgan fingerprint density at radius 2 is 2.41 bits per heavy atom. The first-order valence-electron chi connectivity index (χ1n) is 7.07. The molecule has 1 aromatic rings. The minimum atomic E-state index is -0.294. The van der Waals surface area contributed by atoms with Gasteiger partial charge in [-0.2, -0.15) is 0 Å². The average Bonchev–Trinajstić information content (AvgIpc) is 3.02. The third-order valence-corrected chi connectivity index (χ3v) is 3.27. The highest BCUT2D eigenvalue weighted by Gasteiger charge is 2.19. The lowest BCUT2D eigenvalue weighted by molar-refractivity contribution is 0.0837. The number of carbonyl (C=O) groups excluding carboxylic acids is 1. The molecule has 1 saturated heterocycles. The van der Waals surface area contributed by atoms with Crippen molar-refractivity contribution in [2.24, 2.45) is 0 Å². The first-order valence-corrected chi connectivity index (χ1v) is 7.45. The zero-order valence-corrected chi connectivity index (χ0v) is 12.8. The van der Waals surface area contributed by atoms with E-state index in [1.165, 1.54) is 12.3 Å². The van der Waals surface area contributed by atoms with Crippen molar-refractivity contribution in [3.63, 3.8) is 0 Å². The highest BCUT2D eigenvalue weighted by atomic mass is 35.5. The first-order chi connectivity index (χ1) is 10.7. The van der Waals surface area contributed by atoms with Crippen molar-refractivity contribution >= 4 is 17.5 Å². The molecule has 1 fully saturated rings. The van der Waals surface area contributed by atoms with E-state index < -0.39 is 0 Å². The summed E-state index contributed by atoms with van der Waals surface area (Å²) in [4.78, 5) is 16.0. The number of halogens is 1. The van der Waals surface area contributed by atoms with E-state index in [0.717, 1.165) is 6.42 Å². The van der Waals surface area contributed by atoms with E-state index in [1.807, 2.05) is 0 Å². The Morgan fingerprint density at radius 1 is 1.55 bits per heavy atom. The Labute approximate surface area is 133 Å². The molecule has 1 amide bonds. The summed E-state index contributed by atoms with van der Waals surface area (Å²) in [5.41, 5.74) is 0.349. The van der Waals surface area contributed by atoms with Gasteiger partial charge in [-0.3, -0.25) is 4.79 Å². The standard InChI is InChI=1S/C14H19ClN2O5/c15-12-7-10(13(19)16-2-5-20-6-3-18)8-17-14(12)22-11-1-4-21-9-11/h7-8,11,18H,1-6,9H2,(H,16,19). The van der Waals surface area contributed by atoms with Gasteiger partial charge in [0.05, 0.1) is 38.6 Å². The van der Waals surface area contributed by atoms with Crippen LogP contribution in [0.3, 0.4) is 0 Å². The Balaban J connectivity index is 1.83.